The number of hydrogen-bond donors (Lipinski definition) is 1. The van der Waals surface area contributed by atoms with Crippen LogP contribution in [0.1, 0.15) is 25.0 Å². The fourth-order valence-electron chi connectivity index (χ4n) is 2.08. The molecular formula is C16H19N. The van der Waals surface area contributed by atoms with Gasteiger partial charge in [-0.2, -0.15) is 0 Å². The SMILES string of the molecule is CCc1ccc(CC)c(-c2ccc(N)cc2)c1. The minimum atomic E-state index is 0.818. The Balaban J connectivity index is 2.51. The molecule has 0 heterocycles. The normalized spacial score (nSPS) is 10.5. The summed E-state index contributed by atoms with van der Waals surface area (Å²) in [5.41, 5.74) is 11.9. The first-order valence-electron chi connectivity index (χ1n) is 6.22. The van der Waals surface area contributed by atoms with Gasteiger partial charge in [0, 0.05) is 5.69 Å². The van der Waals surface area contributed by atoms with Crippen molar-refractivity contribution in [3.05, 3.63) is 53.6 Å². The van der Waals surface area contributed by atoms with Gasteiger partial charge in [-0.15, -0.1) is 0 Å². The van der Waals surface area contributed by atoms with Crippen LogP contribution in [0.25, 0.3) is 11.1 Å². The quantitative estimate of drug-likeness (QED) is 0.783. The summed E-state index contributed by atoms with van der Waals surface area (Å²) < 4.78 is 0. The second-order valence-electron chi connectivity index (χ2n) is 4.32. The maximum absolute atomic E-state index is 5.73. The number of rotatable bonds is 3. The van der Waals surface area contributed by atoms with Crippen LogP contribution in [0, 0.1) is 0 Å². The van der Waals surface area contributed by atoms with E-state index in [9.17, 15) is 0 Å². The number of benzene rings is 2. The van der Waals surface area contributed by atoms with E-state index in [4.69, 9.17) is 5.73 Å². The van der Waals surface area contributed by atoms with Crippen molar-refractivity contribution in [1.29, 1.82) is 0 Å². The molecule has 2 aromatic carbocycles. The third kappa shape index (κ3) is 2.50. The van der Waals surface area contributed by atoms with E-state index in [0.717, 1.165) is 18.5 Å². The Morgan fingerprint density at radius 1 is 0.882 bits per heavy atom. The largest absolute Gasteiger partial charge is 0.399 e. The van der Waals surface area contributed by atoms with Gasteiger partial charge in [-0.1, -0.05) is 44.2 Å². The molecule has 0 aliphatic carbocycles. The Hall–Kier alpha value is -1.76. The maximum Gasteiger partial charge on any atom is 0.0314 e. The summed E-state index contributed by atoms with van der Waals surface area (Å²) in [5.74, 6) is 0. The number of nitrogens with two attached hydrogens (primary N) is 1. The Kier molecular flexibility index (Phi) is 3.48. The van der Waals surface area contributed by atoms with E-state index in [1.54, 1.807) is 0 Å². The lowest BCUT2D eigenvalue weighted by molar-refractivity contribution is 1.10. The van der Waals surface area contributed by atoms with Crippen LogP contribution in [0.4, 0.5) is 5.69 Å². The molecule has 0 bridgehead atoms. The fraction of sp³-hybridized carbons (Fsp3) is 0.250. The van der Waals surface area contributed by atoms with Crippen LogP contribution in [0.2, 0.25) is 0 Å². The van der Waals surface area contributed by atoms with Gasteiger partial charge in [0.2, 0.25) is 0 Å². The van der Waals surface area contributed by atoms with E-state index in [1.165, 1.54) is 22.3 Å². The zero-order valence-corrected chi connectivity index (χ0v) is 10.5. The Morgan fingerprint density at radius 3 is 2.18 bits per heavy atom. The molecule has 0 aliphatic heterocycles. The Morgan fingerprint density at radius 2 is 1.59 bits per heavy atom. The highest BCUT2D eigenvalue weighted by atomic mass is 14.5. The van der Waals surface area contributed by atoms with Gasteiger partial charge in [0.15, 0.2) is 0 Å². The molecule has 2 N–H and O–H groups in total. The molecule has 0 amide bonds. The molecule has 1 nitrogen and oxygen atoms in total. The third-order valence-electron chi connectivity index (χ3n) is 3.19. The van der Waals surface area contributed by atoms with Gasteiger partial charge in [-0.25, -0.2) is 0 Å². The summed E-state index contributed by atoms with van der Waals surface area (Å²) in [4.78, 5) is 0. The second kappa shape index (κ2) is 5.05. The van der Waals surface area contributed by atoms with Crippen LogP contribution in [-0.2, 0) is 12.8 Å². The van der Waals surface area contributed by atoms with Gasteiger partial charge in [0.1, 0.15) is 0 Å². The van der Waals surface area contributed by atoms with E-state index in [2.05, 4.69) is 44.2 Å². The van der Waals surface area contributed by atoms with Crippen molar-refractivity contribution in [2.75, 3.05) is 5.73 Å². The van der Waals surface area contributed by atoms with Crippen LogP contribution >= 0.6 is 0 Å². The summed E-state index contributed by atoms with van der Waals surface area (Å²) in [6, 6.07) is 14.9. The standard InChI is InChI=1S/C16H19N/c1-3-12-5-6-13(4-2)16(11-12)14-7-9-15(17)10-8-14/h5-11H,3-4,17H2,1-2H3. The van der Waals surface area contributed by atoms with Crippen LogP contribution < -0.4 is 5.73 Å². The molecule has 0 saturated carbocycles. The highest BCUT2D eigenvalue weighted by Crippen LogP contribution is 2.26. The van der Waals surface area contributed by atoms with E-state index in [-0.39, 0.29) is 0 Å². The molecule has 0 unspecified atom stereocenters. The first-order valence-corrected chi connectivity index (χ1v) is 6.22. The molecule has 0 fully saturated rings. The van der Waals surface area contributed by atoms with Crippen LogP contribution in [0.3, 0.4) is 0 Å². The van der Waals surface area contributed by atoms with Gasteiger partial charge in [0.25, 0.3) is 0 Å². The van der Waals surface area contributed by atoms with Crippen LogP contribution in [0.5, 0.6) is 0 Å². The van der Waals surface area contributed by atoms with E-state index in [1.807, 2.05) is 12.1 Å². The smallest absolute Gasteiger partial charge is 0.0314 e. The molecule has 0 spiro atoms. The molecule has 0 aromatic heterocycles. The number of nitrogen functional groups attached to an aromatic ring is 1. The van der Waals surface area contributed by atoms with Gasteiger partial charge < -0.3 is 5.73 Å². The second-order valence-corrected chi connectivity index (χ2v) is 4.32. The summed E-state index contributed by atoms with van der Waals surface area (Å²) in [6.07, 6.45) is 2.13. The first kappa shape index (κ1) is 11.7. The predicted molar refractivity (Wildman–Crippen MR) is 75.0 cm³/mol. The van der Waals surface area contributed by atoms with Crippen molar-refractivity contribution in [2.24, 2.45) is 0 Å². The van der Waals surface area contributed by atoms with Crippen molar-refractivity contribution in [2.45, 2.75) is 26.7 Å². The van der Waals surface area contributed by atoms with E-state index in [0.29, 0.717) is 0 Å². The van der Waals surface area contributed by atoms with E-state index >= 15 is 0 Å². The van der Waals surface area contributed by atoms with Gasteiger partial charge in [-0.3, -0.25) is 0 Å². The minimum absolute atomic E-state index is 0.818. The van der Waals surface area contributed by atoms with Crippen molar-refractivity contribution in [1.82, 2.24) is 0 Å². The summed E-state index contributed by atoms with van der Waals surface area (Å²) in [7, 11) is 0. The van der Waals surface area contributed by atoms with Crippen LogP contribution in [-0.4, -0.2) is 0 Å². The molecule has 0 aliphatic rings. The Labute approximate surface area is 103 Å². The summed E-state index contributed by atoms with van der Waals surface area (Å²) in [6.45, 7) is 4.38. The number of hydrogen-bond acceptors (Lipinski definition) is 1. The molecule has 17 heavy (non-hydrogen) atoms. The molecule has 0 saturated heterocycles. The topological polar surface area (TPSA) is 26.0 Å². The van der Waals surface area contributed by atoms with Crippen molar-refractivity contribution in [3.8, 4) is 11.1 Å². The van der Waals surface area contributed by atoms with Crippen LogP contribution in [0.15, 0.2) is 42.5 Å². The van der Waals surface area contributed by atoms with Gasteiger partial charge >= 0.3 is 0 Å². The highest BCUT2D eigenvalue weighted by molar-refractivity contribution is 5.69. The molecular weight excluding hydrogens is 206 g/mol. The van der Waals surface area contributed by atoms with Gasteiger partial charge in [0.05, 0.1) is 0 Å². The van der Waals surface area contributed by atoms with Crippen molar-refractivity contribution < 1.29 is 0 Å². The molecule has 2 aromatic rings. The highest BCUT2D eigenvalue weighted by Gasteiger charge is 2.04. The number of anilines is 1. The minimum Gasteiger partial charge on any atom is -0.399 e. The molecule has 1 heteroatoms. The van der Waals surface area contributed by atoms with Gasteiger partial charge in [-0.05, 0) is 47.2 Å². The molecule has 0 radical (unpaired) electrons. The fourth-order valence-corrected chi connectivity index (χ4v) is 2.08. The van der Waals surface area contributed by atoms with Crippen molar-refractivity contribution >= 4 is 5.69 Å². The summed E-state index contributed by atoms with van der Waals surface area (Å²) in [5, 5.41) is 0. The maximum atomic E-state index is 5.73. The third-order valence-corrected chi connectivity index (χ3v) is 3.19. The zero-order valence-electron chi connectivity index (χ0n) is 10.5. The average Bonchev–Trinajstić information content (AvgIpc) is 2.39. The Bertz CT molecular complexity index is 497. The predicted octanol–water partition coefficient (Wildman–Crippen LogP) is 4.06. The molecule has 88 valence electrons. The lowest BCUT2D eigenvalue weighted by Crippen LogP contribution is -1.91. The van der Waals surface area contributed by atoms with Crippen molar-refractivity contribution in [3.63, 3.8) is 0 Å². The average molecular weight is 225 g/mol. The summed E-state index contributed by atoms with van der Waals surface area (Å²) >= 11 is 0. The van der Waals surface area contributed by atoms with E-state index < -0.39 is 0 Å². The zero-order chi connectivity index (χ0) is 12.3. The first-order chi connectivity index (χ1) is 8.24. The lowest BCUT2D eigenvalue weighted by Gasteiger charge is -2.10. The molecule has 0 atom stereocenters. The lowest BCUT2D eigenvalue weighted by atomic mass is 9.95. The molecule has 2 rings (SSSR count). The number of aryl methyl sites for hydroxylation is 2. The monoisotopic (exact) mass is 225 g/mol.